The first-order valence-electron chi connectivity index (χ1n) is 9.83. The number of nitrogens with one attached hydrogen (secondary N) is 1. The van der Waals surface area contributed by atoms with Crippen LogP contribution in [0.3, 0.4) is 0 Å². The number of halogens is 7. The Labute approximate surface area is 191 Å². The number of benzene rings is 2. The van der Waals surface area contributed by atoms with Crippen LogP contribution in [0.2, 0.25) is 5.02 Å². The number of alkyl halides is 6. The van der Waals surface area contributed by atoms with Gasteiger partial charge in [0.1, 0.15) is 0 Å². The molecule has 0 aliphatic heterocycles. The highest BCUT2D eigenvalue weighted by atomic mass is 35.5. The number of hydrogen-bond donors (Lipinski definition) is 1. The zero-order valence-corrected chi connectivity index (χ0v) is 18.3. The molecule has 3 nitrogen and oxygen atoms in total. The van der Waals surface area contributed by atoms with Crippen LogP contribution in [-0.4, -0.2) is 17.9 Å². The van der Waals surface area contributed by atoms with Gasteiger partial charge in [-0.15, -0.1) is 0 Å². The summed E-state index contributed by atoms with van der Waals surface area (Å²) < 4.78 is 79.9. The summed E-state index contributed by atoms with van der Waals surface area (Å²) >= 11 is 5.60. The van der Waals surface area contributed by atoms with Gasteiger partial charge in [0.25, 0.3) is 0 Å². The number of ketones is 1. The number of amides is 1. The number of carbonyl (C=O) groups is 2. The summed E-state index contributed by atoms with van der Waals surface area (Å²) in [6.07, 6.45) is -8.78. The second-order valence-electron chi connectivity index (χ2n) is 7.31. The maximum absolute atomic E-state index is 13.6. The lowest BCUT2D eigenvalue weighted by atomic mass is 9.98. The van der Waals surface area contributed by atoms with E-state index in [2.05, 4.69) is 5.32 Å². The van der Waals surface area contributed by atoms with Crippen molar-refractivity contribution in [1.29, 1.82) is 0 Å². The van der Waals surface area contributed by atoms with Gasteiger partial charge in [-0.3, -0.25) is 9.59 Å². The Morgan fingerprint density at radius 1 is 1.00 bits per heavy atom. The standard InChI is InChI=1S/C23H20ClF6NO2/c1-3-4-21(33)31-13(2)14-5-7-15(8-6-14)20(32)12-19(23(28,29)30)16-9-17(22(25,26)27)11-18(24)10-16/h5-13H,3-4H2,1-2H3,(H,31,33)/t13-/m0/s1. The summed E-state index contributed by atoms with van der Waals surface area (Å²) in [7, 11) is 0. The topological polar surface area (TPSA) is 46.2 Å². The molecule has 0 saturated heterocycles. The molecular weight excluding hydrogens is 472 g/mol. The van der Waals surface area contributed by atoms with Crippen LogP contribution in [0.4, 0.5) is 26.3 Å². The second-order valence-corrected chi connectivity index (χ2v) is 7.74. The van der Waals surface area contributed by atoms with Crippen molar-refractivity contribution in [2.24, 2.45) is 0 Å². The van der Waals surface area contributed by atoms with Crippen molar-refractivity contribution in [2.45, 2.75) is 45.1 Å². The lowest BCUT2D eigenvalue weighted by molar-refractivity contribution is -0.137. The van der Waals surface area contributed by atoms with Gasteiger partial charge in [-0.1, -0.05) is 42.8 Å². The Morgan fingerprint density at radius 3 is 2.12 bits per heavy atom. The first-order chi connectivity index (χ1) is 15.2. The van der Waals surface area contributed by atoms with Crippen molar-refractivity contribution < 1.29 is 35.9 Å². The van der Waals surface area contributed by atoms with Crippen molar-refractivity contribution in [3.8, 4) is 0 Å². The number of carbonyl (C=O) groups excluding carboxylic acids is 2. The van der Waals surface area contributed by atoms with Gasteiger partial charge in [-0.2, -0.15) is 26.3 Å². The zero-order chi connectivity index (χ0) is 25.0. The Kier molecular flexibility index (Phi) is 8.35. The average Bonchev–Trinajstić information content (AvgIpc) is 2.70. The van der Waals surface area contributed by atoms with Gasteiger partial charge in [0.05, 0.1) is 17.2 Å². The molecule has 1 N–H and O–H groups in total. The van der Waals surface area contributed by atoms with Gasteiger partial charge in [0.2, 0.25) is 5.91 Å². The highest BCUT2D eigenvalue weighted by Crippen LogP contribution is 2.39. The summed E-state index contributed by atoms with van der Waals surface area (Å²) in [6.45, 7) is 3.56. The fourth-order valence-electron chi connectivity index (χ4n) is 3.01. The minimum atomic E-state index is -5.11. The molecule has 2 aromatic rings. The molecule has 2 aromatic carbocycles. The molecule has 1 atom stereocenters. The SMILES string of the molecule is CCCC(=O)N[C@@H](C)c1ccc(C(=O)C=C(c2cc(Cl)cc(C(F)(F)F)c2)C(F)(F)F)cc1. The van der Waals surface area contributed by atoms with Crippen LogP contribution in [0.15, 0.2) is 48.5 Å². The third kappa shape index (κ3) is 7.35. The number of allylic oxidation sites excluding steroid dienone is 2. The fraction of sp³-hybridized carbons (Fsp3) is 0.304. The van der Waals surface area contributed by atoms with Gasteiger partial charge >= 0.3 is 12.4 Å². The third-order valence-corrected chi connectivity index (χ3v) is 4.88. The van der Waals surface area contributed by atoms with Crippen LogP contribution in [0.5, 0.6) is 0 Å². The van der Waals surface area contributed by atoms with Gasteiger partial charge in [0.15, 0.2) is 5.78 Å². The molecular formula is C23H20ClF6NO2. The molecule has 0 fully saturated rings. The van der Waals surface area contributed by atoms with Crippen molar-refractivity contribution in [1.82, 2.24) is 5.32 Å². The third-order valence-electron chi connectivity index (χ3n) is 4.67. The van der Waals surface area contributed by atoms with E-state index in [-0.39, 0.29) is 23.6 Å². The molecule has 0 aliphatic rings. The molecule has 0 aliphatic carbocycles. The summed E-state index contributed by atoms with van der Waals surface area (Å²) in [4.78, 5) is 24.2. The molecule has 0 saturated carbocycles. The molecule has 178 valence electrons. The van der Waals surface area contributed by atoms with Crippen LogP contribution in [0, 0.1) is 0 Å². The fourth-order valence-corrected chi connectivity index (χ4v) is 3.25. The Balaban J connectivity index is 2.37. The van der Waals surface area contributed by atoms with Crippen LogP contribution in [0.1, 0.15) is 59.8 Å². The average molecular weight is 492 g/mol. The van der Waals surface area contributed by atoms with Crippen LogP contribution in [-0.2, 0) is 11.0 Å². The zero-order valence-electron chi connectivity index (χ0n) is 17.6. The van der Waals surface area contributed by atoms with Crippen molar-refractivity contribution in [3.63, 3.8) is 0 Å². The smallest absolute Gasteiger partial charge is 0.350 e. The van der Waals surface area contributed by atoms with E-state index < -0.39 is 39.9 Å². The van der Waals surface area contributed by atoms with Crippen LogP contribution in [0.25, 0.3) is 5.57 Å². The van der Waals surface area contributed by atoms with Gasteiger partial charge in [0, 0.05) is 17.0 Å². The summed E-state index contributed by atoms with van der Waals surface area (Å²) in [5.74, 6) is -1.22. The van der Waals surface area contributed by atoms with Gasteiger partial charge < -0.3 is 5.32 Å². The Morgan fingerprint density at radius 2 is 1.61 bits per heavy atom. The largest absolute Gasteiger partial charge is 0.417 e. The molecule has 0 unspecified atom stereocenters. The molecule has 0 heterocycles. The highest BCUT2D eigenvalue weighted by Gasteiger charge is 2.38. The van der Waals surface area contributed by atoms with E-state index in [0.717, 1.165) is 0 Å². The van der Waals surface area contributed by atoms with Crippen LogP contribution < -0.4 is 5.32 Å². The molecule has 33 heavy (non-hydrogen) atoms. The van der Waals surface area contributed by atoms with E-state index >= 15 is 0 Å². The lowest BCUT2D eigenvalue weighted by Crippen LogP contribution is -2.26. The summed E-state index contributed by atoms with van der Waals surface area (Å²) in [6, 6.07) is 6.64. The maximum atomic E-state index is 13.6. The quantitative estimate of drug-likeness (QED) is 0.254. The predicted molar refractivity (Wildman–Crippen MR) is 113 cm³/mol. The number of rotatable bonds is 7. The molecule has 0 spiro atoms. The number of hydrogen-bond acceptors (Lipinski definition) is 2. The first-order valence-corrected chi connectivity index (χ1v) is 10.2. The maximum Gasteiger partial charge on any atom is 0.417 e. The normalized spacial score (nSPS) is 13.5. The van der Waals surface area contributed by atoms with E-state index in [9.17, 15) is 35.9 Å². The van der Waals surface area contributed by atoms with Gasteiger partial charge in [-0.25, -0.2) is 0 Å². The first kappa shape index (κ1) is 26.4. The molecule has 10 heteroatoms. The summed E-state index contributed by atoms with van der Waals surface area (Å²) in [5, 5.41) is 2.20. The monoisotopic (exact) mass is 491 g/mol. The summed E-state index contributed by atoms with van der Waals surface area (Å²) in [5.41, 5.74) is -3.27. The Hall–Kier alpha value is -2.81. The minimum Gasteiger partial charge on any atom is -0.350 e. The van der Waals surface area contributed by atoms with E-state index in [0.29, 0.717) is 36.6 Å². The van der Waals surface area contributed by atoms with E-state index in [4.69, 9.17) is 11.6 Å². The van der Waals surface area contributed by atoms with Crippen LogP contribution >= 0.6 is 11.6 Å². The molecule has 0 bridgehead atoms. The second kappa shape index (κ2) is 10.4. The van der Waals surface area contributed by atoms with Crippen molar-refractivity contribution >= 4 is 28.9 Å². The predicted octanol–water partition coefficient (Wildman–Crippen LogP) is 7.16. The van der Waals surface area contributed by atoms with Crippen molar-refractivity contribution in [3.05, 3.63) is 75.8 Å². The molecule has 2 rings (SSSR count). The Bertz CT molecular complexity index is 1040. The van der Waals surface area contributed by atoms with E-state index in [1.165, 1.54) is 24.3 Å². The van der Waals surface area contributed by atoms with E-state index in [1.807, 2.05) is 6.92 Å². The highest BCUT2D eigenvalue weighted by molar-refractivity contribution is 6.30. The lowest BCUT2D eigenvalue weighted by Gasteiger charge is -2.16. The molecule has 0 radical (unpaired) electrons. The van der Waals surface area contributed by atoms with Gasteiger partial charge in [-0.05, 0) is 48.7 Å². The minimum absolute atomic E-state index is 0.106. The molecule has 0 aromatic heterocycles. The molecule has 1 amide bonds. The van der Waals surface area contributed by atoms with Crippen molar-refractivity contribution in [2.75, 3.05) is 0 Å². The van der Waals surface area contributed by atoms with E-state index in [1.54, 1.807) is 6.92 Å².